The molecule has 7 nitrogen and oxygen atoms in total. The highest BCUT2D eigenvalue weighted by Gasteiger charge is 2.48. The number of piperidine rings is 1. The number of carboxylic acids is 1. The van der Waals surface area contributed by atoms with Crippen molar-refractivity contribution >= 4 is 17.9 Å². The fourth-order valence-corrected chi connectivity index (χ4v) is 4.70. The van der Waals surface area contributed by atoms with Crippen LogP contribution < -0.4 is 5.32 Å². The molecule has 2 N–H and O–H groups in total. The number of aliphatic carboxylic acids is 1. The maximum Gasteiger partial charge on any atom is 0.317 e. The normalized spacial score (nSPS) is 32.3. The minimum Gasteiger partial charge on any atom is -0.481 e. The van der Waals surface area contributed by atoms with Crippen LogP contribution >= 0.6 is 0 Å². The Morgan fingerprint density at radius 3 is 2.57 bits per heavy atom. The van der Waals surface area contributed by atoms with E-state index in [-0.39, 0.29) is 36.5 Å². The molecule has 2 saturated heterocycles. The van der Waals surface area contributed by atoms with E-state index < -0.39 is 11.9 Å². The van der Waals surface area contributed by atoms with Crippen LogP contribution in [0.2, 0.25) is 0 Å². The van der Waals surface area contributed by atoms with Gasteiger partial charge < -0.3 is 20.2 Å². The molecule has 5 atom stereocenters. The Kier molecular flexibility index (Phi) is 5.00. The summed E-state index contributed by atoms with van der Waals surface area (Å²) in [5, 5.41) is 12.2. The SMILES string of the molecule is CC1CC(C(=O)O)CN(C(=O)NC2CC(=O)N(C3CC3c3ccccc3)C2)C1. The minimum atomic E-state index is -0.854. The van der Waals surface area contributed by atoms with E-state index in [9.17, 15) is 19.5 Å². The van der Waals surface area contributed by atoms with Gasteiger partial charge in [0.1, 0.15) is 0 Å². The van der Waals surface area contributed by atoms with Crippen molar-refractivity contribution in [1.82, 2.24) is 15.1 Å². The van der Waals surface area contributed by atoms with E-state index in [0.29, 0.717) is 31.8 Å². The Hall–Kier alpha value is -2.57. The molecule has 150 valence electrons. The first-order valence-electron chi connectivity index (χ1n) is 10.0. The first-order chi connectivity index (χ1) is 13.4. The molecular formula is C21H27N3O4. The number of carbonyl (C=O) groups excluding carboxylic acids is 2. The molecule has 1 aromatic carbocycles. The molecule has 28 heavy (non-hydrogen) atoms. The van der Waals surface area contributed by atoms with Crippen molar-refractivity contribution < 1.29 is 19.5 Å². The molecule has 1 saturated carbocycles. The molecule has 3 fully saturated rings. The summed E-state index contributed by atoms with van der Waals surface area (Å²) in [5.41, 5.74) is 1.26. The lowest BCUT2D eigenvalue weighted by Crippen LogP contribution is -2.52. The topological polar surface area (TPSA) is 90.0 Å². The quantitative estimate of drug-likeness (QED) is 0.828. The smallest absolute Gasteiger partial charge is 0.317 e. The van der Waals surface area contributed by atoms with Crippen molar-refractivity contribution in [3.63, 3.8) is 0 Å². The lowest BCUT2D eigenvalue weighted by atomic mass is 9.91. The average Bonchev–Trinajstić information content (AvgIpc) is 3.38. The van der Waals surface area contributed by atoms with Crippen LogP contribution in [-0.4, -0.2) is 64.5 Å². The van der Waals surface area contributed by atoms with E-state index in [1.165, 1.54) is 5.56 Å². The van der Waals surface area contributed by atoms with Crippen molar-refractivity contribution in [3.05, 3.63) is 35.9 Å². The highest BCUT2D eigenvalue weighted by atomic mass is 16.4. The van der Waals surface area contributed by atoms with Crippen LogP contribution in [-0.2, 0) is 9.59 Å². The predicted molar refractivity (Wildman–Crippen MR) is 103 cm³/mol. The van der Waals surface area contributed by atoms with Gasteiger partial charge in [0.05, 0.1) is 12.0 Å². The van der Waals surface area contributed by atoms with E-state index in [1.54, 1.807) is 4.90 Å². The molecule has 7 heteroatoms. The van der Waals surface area contributed by atoms with Crippen LogP contribution in [0.5, 0.6) is 0 Å². The van der Waals surface area contributed by atoms with Gasteiger partial charge in [0.25, 0.3) is 0 Å². The van der Waals surface area contributed by atoms with Gasteiger partial charge >= 0.3 is 12.0 Å². The zero-order valence-corrected chi connectivity index (χ0v) is 16.1. The number of benzene rings is 1. The molecule has 0 bridgehead atoms. The van der Waals surface area contributed by atoms with Crippen LogP contribution in [0.25, 0.3) is 0 Å². The Morgan fingerprint density at radius 2 is 1.86 bits per heavy atom. The number of urea groups is 1. The number of hydrogen-bond donors (Lipinski definition) is 2. The third-order valence-corrected chi connectivity index (χ3v) is 6.17. The predicted octanol–water partition coefficient (Wildman–Crippen LogP) is 1.90. The van der Waals surface area contributed by atoms with Gasteiger partial charge in [-0.05, 0) is 24.3 Å². The summed E-state index contributed by atoms with van der Waals surface area (Å²) in [5.74, 6) is -0.745. The molecule has 4 rings (SSSR count). The lowest BCUT2D eigenvalue weighted by Gasteiger charge is -2.35. The standard InChI is InChI=1S/C21H27N3O4/c1-13-7-15(20(26)27)11-23(10-13)21(28)22-16-8-19(25)24(12-16)18-9-17(18)14-5-3-2-4-6-14/h2-6,13,15-18H,7-12H2,1H3,(H,22,28)(H,26,27). The van der Waals surface area contributed by atoms with Crippen LogP contribution in [0.4, 0.5) is 4.79 Å². The summed E-state index contributed by atoms with van der Waals surface area (Å²) >= 11 is 0. The number of likely N-dealkylation sites (tertiary alicyclic amines) is 2. The van der Waals surface area contributed by atoms with E-state index in [4.69, 9.17) is 0 Å². The number of nitrogens with zero attached hydrogens (tertiary/aromatic N) is 2. The molecule has 5 unspecified atom stereocenters. The highest BCUT2D eigenvalue weighted by molar-refractivity contribution is 5.82. The lowest BCUT2D eigenvalue weighted by molar-refractivity contribution is -0.143. The molecule has 2 heterocycles. The van der Waals surface area contributed by atoms with Gasteiger partial charge in [0.2, 0.25) is 5.91 Å². The number of carbonyl (C=O) groups is 3. The van der Waals surface area contributed by atoms with Gasteiger partial charge in [-0.15, -0.1) is 0 Å². The monoisotopic (exact) mass is 385 g/mol. The fraction of sp³-hybridized carbons (Fsp3) is 0.571. The maximum atomic E-state index is 12.6. The molecule has 1 aromatic rings. The number of amides is 3. The van der Waals surface area contributed by atoms with Gasteiger partial charge in [-0.3, -0.25) is 9.59 Å². The van der Waals surface area contributed by atoms with Crippen molar-refractivity contribution in [3.8, 4) is 0 Å². The molecule has 3 aliphatic rings. The third-order valence-electron chi connectivity index (χ3n) is 6.17. The van der Waals surface area contributed by atoms with Crippen LogP contribution in [0, 0.1) is 11.8 Å². The van der Waals surface area contributed by atoms with Crippen molar-refractivity contribution in [2.24, 2.45) is 11.8 Å². The fourth-order valence-electron chi connectivity index (χ4n) is 4.70. The first-order valence-corrected chi connectivity index (χ1v) is 10.0. The largest absolute Gasteiger partial charge is 0.481 e. The number of nitrogens with one attached hydrogen (secondary N) is 1. The number of carboxylic acid groups (broad SMARTS) is 1. The van der Waals surface area contributed by atoms with Gasteiger partial charge in [-0.2, -0.15) is 0 Å². The summed E-state index contributed by atoms with van der Waals surface area (Å²) in [6.45, 7) is 3.28. The Balaban J connectivity index is 1.32. The molecule has 1 aliphatic carbocycles. The Labute approximate surface area is 164 Å². The van der Waals surface area contributed by atoms with E-state index in [2.05, 4.69) is 17.4 Å². The molecule has 0 aromatic heterocycles. The van der Waals surface area contributed by atoms with Gasteiger partial charge in [0.15, 0.2) is 0 Å². The molecule has 3 amide bonds. The van der Waals surface area contributed by atoms with Crippen LogP contribution in [0.3, 0.4) is 0 Å². The molecule has 2 aliphatic heterocycles. The van der Waals surface area contributed by atoms with Gasteiger partial charge in [-0.1, -0.05) is 37.3 Å². The second kappa shape index (κ2) is 7.45. The van der Waals surface area contributed by atoms with Crippen molar-refractivity contribution in [2.75, 3.05) is 19.6 Å². The summed E-state index contributed by atoms with van der Waals surface area (Å²) in [6.07, 6.45) is 1.88. The zero-order valence-electron chi connectivity index (χ0n) is 16.1. The second-order valence-corrected chi connectivity index (χ2v) is 8.50. The summed E-state index contributed by atoms with van der Waals surface area (Å²) < 4.78 is 0. The number of hydrogen-bond acceptors (Lipinski definition) is 3. The first kappa shape index (κ1) is 18.8. The molecule has 0 radical (unpaired) electrons. The highest BCUT2D eigenvalue weighted by Crippen LogP contribution is 2.45. The Bertz CT molecular complexity index is 768. The van der Waals surface area contributed by atoms with Crippen molar-refractivity contribution in [2.45, 2.75) is 44.2 Å². The summed E-state index contributed by atoms with van der Waals surface area (Å²) in [4.78, 5) is 39.9. The summed E-state index contributed by atoms with van der Waals surface area (Å²) in [6, 6.07) is 9.98. The van der Waals surface area contributed by atoms with Gasteiger partial charge in [0, 0.05) is 38.0 Å². The Morgan fingerprint density at radius 1 is 1.11 bits per heavy atom. The van der Waals surface area contributed by atoms with E-state index >= 15 is 0 Å². The second-order valence-electron chi connectivity index (χ2n) is 8.50. The maximum absolute atomic E-state index is 12.6. The average molecular weight is 385 g/mol. The van der Waals surface area contributed by atoms with Crippen LogP contribution in [0.1, 0.15) is 37.7 Å². The van der Waals surface area contributed by atoms with Crippen LogP contribution in [0.15, 0.2) is 30.3 Å². The van der Waals surface area contributed by atoms with Gasteiger partial charge in [-0.25, -0.2) is 4.79 Å². The number of rotatable bonds is 4. The van der Waals surface area contributed by atoms with E-state index in [1.807, 2.05) is 30.0 Å². The molecule has 0 spiro atoms. The minimum absolute atomic E-state index is 0.0872. The third kappa shape index (κ3) is 3.84. The van der Waals surface area contributed by atoms with E-state index in [0.717, 1.165) is 6.42 Å². The zero-order chi connectivity index (χ0) is 19.8. The molecular weight excluding hydrogens is 358 g/mol. The summed E-state index contributed by atoms with van der Waals surface area (Å²) in [7, 11) is 0. The van der Waals surface area contributed by atoms with Crippen molar-refractivity contribution in [1.29, 1.82) is 0 Å².